The predicted molar refractivity (Wildman–Crippen MR) is 79.0 cm³/mol. The Labute approximate surface area is 114 Å². The summed E-state index contributed by atoms with van der Waals surface area (Å²) in [5.41, 5.74) is 8.85. The van der Waals surface area contributed by atoms with Crippen LogP contribution in [0.1, 0.15) is 26.9 Å². The first-order chi connectivity index (χ1) is 7.59. The molecule has 0 spiro atoms. The summed E-state index contributed by atoms with van der Waals surface area (Å²) in [7, 11) is 0. The maximum Gasteiger partial charge on any atom is 0.0659 e. The van der Waals surface area contributed by atoms with E-state index < -0.39 is 0 Å². The highest BCUT2D eigenvalue weighted by molar-refractivity contribution is 14.1. The quantitative estimate of drug-likeness (QED) is 0.819. The summed E-state index contributed by atoms with van der Waals surface area (Å²) < 4.78 is 1.23. The lowest BCUT2D eigenvalue weighted by Gasteiger charge is -2.13. The van der Waals surface area contributed by atoms with Crippen LogP contribution < -0.4 is 5.73 Å². The van der Waals surface area contributed by atoms with Crippen molar-refractivity contribution in [2.24, 2.45) is 5.73 Å². The molecule has 0 aliphatic rings. The number of aryl methyl sites for hydroxylation is 2. The fourth-order valence-electron chi connectivity index (χ4n) is 1.84. The minimum absolute atomic E-state index is 0.00630. The Bertz CT molecular complexity index is 504. The van der Waals surface area contributed by atoms with Gasteiger partial charge in [0.1, 0.15) is 0 Å². The molecule has 1 heterocycles. The normalized spacial score (nSPS) is 12.8. The highest BCUT2D eigenvalue weighted by atomic mass is 127. The minimum atomic E-state index is 0.00630. The van der Waals surface area contributed by atoms with E-state index in [1.54, 1.807) is 11.3 Å². The maximum atomic E-state index is 6.34. The van der Waals surface area contributed by atoms with E-state index in [9.17, 15) is 0 Å². The van der Waals surface area contributed by atoms with Crippen LogP contribution in [-0.4, -0.2) is 0 Å². The Morgan fingerprint density at radius 2 is 1.94 bits per heavy atom. The molecule has 0 saturated carbocycles. The Morgan fingerprint density at radius 3 is 2.50 bits per heavy atom. The Morgan fingerprint density at radius 1 is 1.25 bits per heavy atom. The number of hydrogen-bond acceptors (Lipinski definition) is 2. The third-order valence-corrected chi connectivity index (χ3v) is 4.82. The summed E-state index contributed by atoms with van der Waals surface area (Å²) in [5.74, 6) is 0. The van der Waals surface area contributed by atoms with Crippen molar-refractivity contribution in [1.82, 2.24) is 0 Å². The Balaban J connectivity index is 2.43. The highest BCUT2D eigenvalue weighted by Crippen LogP contribution is 2.31. The molecule has 2 aromatic rings. The minimum Gasteiger partial charge on any atom is -0.320 e. The van der Waals surface area contributed by atoms with Gasteiger partial charge in [0.15, 0.2) is 0 Å². The van der Waals surface area contributed by atoms with Crippen LogP contribution in [-0.2, 0) is 0 Å². The zero-order chi connectivity index (χ0) is 11.7. The first-order valence-corrected chi connectivity index (χ1v) is 7.06. The molecule has 0 saturated heterocycles. The summed E-state index contributed by atoms with van der Waals surface area (Å²) in [6.07, 6.45) is 0. The van der Waals surface area contributed by atoms with Crippen molar-refractivity contribution in [3.63, 3.8) is 0 Å². The van der Waals surface area contributed by atoms with Gasteiger partial charge in [0.2, 0.25) is 0 Å². The number of halogens is 1. The van der Waals surface area contributed by atoms with Crippen molar-refractivity contribution in [3.05, 3.63) is 54.8 Å². The van der Waals surface area contributed by atoms with E-state index in [1.807, 2.05) is 12.1 Å². The molecule has 0 aliphatic carbocycles. The van der Waals surface area contributed by atoms with Crippen LogP contribution in [0, 0.1) is 17.4 Å². The van der Waals surface area contributed by atoms with Gasteiger partial charge in [0, 0.05) is 13.3 Å². The van der Waals surface area contributed by atoms with Crippen molar-refractivity contribution in [2.45, 2.75) is 19.9 Å². The molecule has 1 atom stereocenters. The molecular formula is C13H14INS. The van der Waals surface area contributed by atoms with Crippen molar-refractivity contribution in [3.8, 4) is 0 Å². The number of benzene rings is 1. The fourth-order valence-corrected chi connectivity index (χ4v) is 3.62. The summed E-state index contributed by atoms with van der Waals surface area (Å²) in [4.78, 5) is 2.61. The molecule has 0 bridgehead atoms. The summed E-state index contributed by atoms with van der Waals surface area (Å²) in [6.45, 7) is 4.26. The number of nitrogens with two attached hydrogens (primary N) is 1. The number of rotatable bonds is 2. The van der Waals surface area contributed by atoms with E-state index in [2.05, 4.69) is 54.6 Å². The van der Waals surface area contributed by atoms with Gasteiger partial charge in [-0.25, -0.2) is 0 Å². The van der Waals surface area contributed by atoms with Gasteiger partial charge in [0.05, 0.1) is 6.04 Å². The SMILES string of the molecule is Cc1cc(C)c(C(N)c2ccccc2I)s1. The molecule has 0 radical (unpaired) electrons. The smallest absolute Gasteiger partial charge is 0.0659 e. The van der Waals surface area contributed by atoms with Crippen LogP contribution in [0.15, 0.2) is 30.3 Å². The lowest BCUT2D eigenvalue weighted by Crippen LogP contribution is -2.12. The second kappa shape index (κ2) is 4.85. The van der Waals surface area contributed by atoms with Gasteiger partial charge in [-0.15, -0.1) is 11.3 Å². The molecule has 0 aliphatic heterocycles. The van der Waals surface area contributed by atoms with Crippen molar-refractivity contribution in [2.75, 3.05) is 0 Å². The first kappa shape index (κ1) is 12.1. The highest BCUT2D eigenvalue weighted by Gasteiger charge is 2.15. The third-order valence-electron chi connectivity index (χ3n) is 2.60. The zero-order valence-corrected chi connectivity index (χ0v) is 12.3. The molecule has 0 amide bonds. The van der Waals surface area contributed by atoms with E-state index in [1.165, 1.54) is 24.5 Å². The maximum absolute atomic E-state index is 6.34. The lowest BCUT2D eigenvalue weighted by molar-refractivity contribution is 0.879. The van der Waals surface area contributed by atoms with E-state index in [4.69, 9.17) is 5.73 Å². The van der Waals surface area contributed by atoms with Gasteiger partial charge in [-0.3, -0.25) is 0 Å². The van der Waals surface area contributed by atoms with E-state index in [-0.39, 0.29) is 6.04 Å². The van der Waals surface area contributed by atoms with Gasteiger partial charge >= 0.3 is 0 Å². The average molecular weight is 343 g/mol. The molecule has 3 heteroatoms. The van der Waals surface area contributed by atoms with Crippen LogP contribution in [0.2, 0.25) is 0 Å². The molecule has 0 fully saturated rings. The van der Waals surface area contributed by atoms with Crippen molar-refractivity contribution in [1.29, 1.82) is 0 Å². The van der Waals surface area contributed by atoms with Crippen LogP contribution in [0.25, 0.3) is 0 Å². The standard InChI is InChI=1S/C13H14INS/c1-8-7-9(2)16-13(8)12(15)10-5-3-4-6-11(10)14/h3-7,12H,15H2,1-2H3. The second-order valence-corrected chi connectivity index (χ2v) is 6.35. The average Bonchev–Trinajstić information content (AvgIpc) is 2.58. The Hall–Kier alpha value is -0.390. The molecule has 16 heavy (non-hydrogen) atoms. The van der Waals surface area contributed by atoms with Crippen LogP contribution in [0.3, 0.4) is 0 Å². The summed E-state index contributed by atoms with van der Waals surface area (Å²) >= 11 is 4.14. The lowest BCUT2D eigenvalue weighted by atomic mass is 10.0. The van der Waals surface area contributed by atoms with Crippen LogP contribution in [0.5, 0.6) is 0 Å². The second-order valence-electron chi connectivity index (χ2n) is 3.90. The third kappa shape index (κ3) is 2.31. The van der Waals surface area contributed by atoms with Crippen LogP contribution >= 0.6 is 33.9 Å². The van der Waals surface area contributed by atoms with Gasteiger partial charge in [-0.05, 0) is 59.7 Å². The van der Waals surface area contributed by atoms with E-state index in [0.29, 0.717) is 0 Å². The molecule has 1 nitrogen and oxygen atoms in total. The first-order valence-electron chi connectivity index (χ1n) is 5.16. The largest absolute Gasteiger partial charge is 0.320 e. The number of hydrogen-bond donors (Lipinski definition) is 1. The van der Waals surface area contributed by atoms with E-state index >= 15 is 0 Å². The molecule has 1 aromatic heterocycles. The summed E-state index contributed by atoms with van der Waals surface area (Å²) in [5, 5.41) is 0. The van der Waals surface area contributed by atoms with Crippen molar-refractivity contribution >= 4 is 33.9 Å². The monoisotopic (exact) mass is 343 g/mol. The molecule has 2 N–H and O–H groups in total. The molecular weight excluding hydrogens is 329 g/mol. The predicted octanol–water partition coefficient (Wildman–Crippen LogP) is 4.02. The number of thiophene rings is 1. The van der Waals surface area contributed by atoms with Gasteiger partial charge in [-0.1, -0.05) is 18.2 Å². The van der Waals surface area contributed by atoms with Crippen molar-refractivity contribution < 1.29 is 0 Å². The molecule has 2 rings (SSSR count). The van der Waals surface area contributed by atoms with Gasteiger partial charge in [0.25, 0.3) is 0 Å². The van der Waals surface area contributed by atoms with Crippen LogP contribution in [0.4, 0.5) is 0 Å². The van der Waals surface area contributed by atoms with Gasteiger partial charge in [-0.2, -0.15) is 0 Å². The molecule has 1 unspecified atom stereocenters. The van der Waals surface area contributed by atoms with E-state index in [0.717, 1.165) is 0 Å². The molecule has 84 valence electrons. The molecule has 1 aromatic carbocycles. The topological polar surface area (TPSA) is 26.0 Å². The zero-order valence-electron chi connectivity index (χ0n) is 9.33. The summed E-state index contributed by atoms with van der Waals surface area (Å²) in [6, 6.07) is 10.5. The van der Waals surface area contributed by atoms with Gasteiger partial charge < -0.3 is 5.73 Å². The fraction of sp³-hybridized carbons (Fsp3) is 0.231. The Kier molecular flexibility index (Phi) is 3.66.